The van der Waals surface area contributed by atoms with Crippen molar-refractivity contribution in [2.75, 3.05) is 20.3 Å². The molecule has 1 aliphatic rings. The minimum absolute atomic E-state index is 0.195. The number of hydrogen-bond donors (Lipinski definition) is 0. The van der Waals surface area contributed by atoms with Crippen LogP contribution in [0.3, 0.4) is 0 Å². The molecule has 19 heavy (non-hydrogen) atoms. The lowest BCUT2D eigenvalue weighted by atomic mass is 10.0. The van der Waals surface area contributed by atoms with Gasteiger partial charge in [0, 0.05) is 10.8 Å². The van der Waals surface area contributed by atoms with Gasteiger partial charge in [0.05, 0.1) is 26.7 Å². The average molecular weight is 284 g/mol. The minimum atomic E-state index is -0.457. The third kappa shape index (κ3) is 4.30. The molecule has 2 rings (SSSR count). The Morgan fingerprint density at radius 1 is 1.47 bits per heavy atom. The molecule has 1 aromatic heterocycles. The van der Waals surface area contributed by atoms with Gasteiger partial charge in [0.2, 0.25) is 0 Å². The fourth-order valence-electron chi connectivity index (χ4n) is 2.02. The monoisotopic (exact) mass is 284 g/mol. The van der Waals surface area contributed by atoms with Crippen molar-refractivity contribution < 1.29 is 19.0 Å². The summed E-state index contributed by atoms with van der Waals surface area (Å²) < 4.78 is 16.0. The number of ether oxygens (including phenoxy) is 3. The van der Waals surface area contributed by atoms with Crippen molar-refractivity contribution in [3.8, 4) is 0 Å². The van der Waals surface area contributed by atoms with E-state index in [-0.39, 0.29) is 5.97 Å². The molecular weight excluding hydrogens is 264 g/mol. The number of rotatable bonds is 4. The summed E-state index contributed by atoms with van der Waals surface area (Å²) in [6.07, 6.45) is 1.28. The SMILES string of the molecule is COC(=O)Cc1cc(CC2COC(C)(C)OC2)cs1. The molecule has 0 spiro atoms. The lowest BCUT2D eigenvalue weighted by Gasteiger charge is -2.34. The minimum Gasteiger partial charge on any atom is -0.469 e. The van der Waals surface area contributed by atoms with Gasteiger partial charge in [-0.05, 0) is 37.3 Å². The maximum absolute atomic E-state index is 11.2. The van der Waals surface area contributed by atoms with Gasteiger partial charge in [0.25, 0.3) is 0 Å². The second-order valence-electron chi connectivity index (χ2n) is 5.27. The first-order valence-corrected chi connectivity index (χ1v) is 7.27. The van der Waals surface area contributed by atoms with Crippen LogP contribution in [0.4, 0.5) is 0 Å². The van der Waals surface area contributed by atoms with Crippen molar-refractivity contribution in [1.82, 2.24) is 0 Å². The molecule has 1 aliphatic heterocycles. The van der Waals surface area contributed by atoms with Gasteiger partial charge in [-0.3, -0.25) is 4.79 Å². The Bertz CT molecular complexity index is 428. The van der Waals surface area contributed by atoms with Crippen LogP contribution < -0.4 is 0 Å². The molecular formula is C14H20O4S. The van der Waals surface area contributed by atoms with Crippen LogP contribution in [0.5, 0.6) is 0 Å². The Kier molecular flexibility index (Phi) is 4.60. The molecule has 5 heteroatoms. The van der Waals surface area contributed by atoms with Crippen LogP contribution in [0.1, 0.15) is 24.3 Å². The number of carbonyl (C=O) groups excluding carboxylic acids is 1. The van der Waals surface area contributed by atoms with E-state index in [9.17, 15) is 4.79 Å². The van der Waals surface area contributed by atoms with Crippen molar-refractivity contribution in [3.63, 3.8) is 0 Å². The summed E-state index contributed by atoms with van der Waals surface area (Å²) in [6.45, 7) is 5.30. The zero-order valence-electron chi connectivity index (χ0n) is 11.6. The Balaban J connectivity index is 1.85. The highest BCUT2D eigenvalue weighted by molar-refractivity contribution is 7.10. The van der Waals surface area contributed by atoms with Crippen LogP contribution >= 0.6 is 11.3 Å². The molecule has 1 fully saturated rings. The van der Waals surface area contributed by atoms with Crippen LogP contribution in [-0.4, -0.2) is 32.1 Å². The average Bonchev–Trinajstić information content (AvgIpc) is 2.79. The first-order valence-electron chi connectivity index (χ1n) is 6.39. The van der Waals surface area contributed by atoms with E-state index < -0.39 is 5.79 Å². The van der Waals surface area contributed by atoms with E-state index in [4.69, 9.17) is 9.47 Å². The number of thiophene rings is 1. The molecule has 0 amide bonds. The molecule has 0 aromatic carbocycles. The predicted molar refractivity (Wildman–Crippen MR) is 73.2 cm³/mol. The second kappa shape index (κ2) is 6.03. The number of esters is 1. The highest BCUT2D eigenvalue weighted by Crippen LogP contribution is 2.25. The fraction of sp³-hybridized carbons (Fsp3) is 0.643. The molecule has 106 valence electrons. The smallest absolute Gasteiger partial charge is 0.310 e. The summed E-state index contributed by atoms with van der Waals surface area (Å²) in [5.74, 6) is -0.269. The second-order valence-corrected chi connectivity index (χ2v) is 6.26. The van der Waals surface area contributed by atoms with E-state index in [1.54, 1.807) is 11.3 Å². The van der Waals surface area contributed by atoms with Crippen molar-refractivity contribution in [3.05, 3.63) is 21.9 Å². The molecule has 0 bridgehead atoms. The molecule has 0 radical (unpaired) electrons. The molecule has 2 heterocycles. The quantitative estimate of drug-likeness (QED) is 0.796. The largest absolute Gasteiger partial charge is 0.469 e. The number of methoxy groups -OCH3 is 1. The van der Waals surface area contributed by atoms with Crippen LogP contribution in [0, 0.1) is 5.92 Å². The molecule has 0 N–H and O–H groups in total. The maximum Gasteiger partial charge on any atom is 0.310 e. The van der Waals surface area contributed by atoms with Crippen molar-refractivity contribution in [2.45, 2.75) is 32.5 Å². The number of carbonyl (C=O) groups is 1. The molecule has 1 saturated heterocycles. The van der Waals surface area contributed by atoms with Crippen LogP contribution in [0.25, 0.3) is 0 Å². The van der Waals surface area contributed by atoms with Crippen molar-refractivity contribution in [2.24, 2.45) is 5.92 Å². The first kappa shape index (κ1) is 14.5. The van der Waals surface area contributed by atoms with E-state index >= 15 is 0 Å². The molecule has 4 nitrogen and oxygen atoms in total. The third-order valence-corrected chi connectivity index (χ3v) is 4.10. The van der Waals surface area contributed by atoms with E-state index in [0.717, 1.165) is 24.5 Å². The Morgan fingerprint density at radius 2 is 2.16 bits per heavy atom. The van der Waals surface area contributed by atoms with Gasteiger partial charge in [0.1, 0.15) is 0 Å². The van der Waals surface area contributed by atoms with E-state index in [1.165, 1.54) is 12.7 Å². The molecule has 0 saturated carbocycles. The third-order valence-electron chi connectivity index (χ3n) is 3.11. The summed E-state index contributed by atoms with van der Waals surface area (Å²) in [5.41, 5.74) is 1.24. The van der Waals surface area contributed by atoms with Gasteiger partial charge in [-0.15, -0.1) is 11.3 Å². The zero-order valence-corrected chi connectivity index (χ0v) is 12.4. The maximum atomic E-state index is 11.2. The van der Waals surface area contributed by atoms with Crippen LogP contribution in [0.2, 0.25) is 0 Å². The summed E-state index contributed by atoms with van der Waals surface area (Å²) in [6, 6.07) is 2.07. The highest BCUT2D eigenvalue weighted by Gasteiger charge is 2.28. The van der Waals surface area contributed by atoms with Gasteiger partial charge in [0.15, 0.2) is 5.79 Å². The van der Waals surface area contributed by atoms with E-state index in [2.05, 4.69) is 16.2 Å². The molecule has 0 aliphatic carbocycles. The summed E-state index contributed by atoms with van der Waals surface area (Å²) in [5, 5.41) is 2.10. The standard InChI is InChI=1S/C14H20O4S/c1-14(2)17-7-11(8-18-14)4-10-5-12(19-9-10)6-13(15)16-3/h5,9,11H,4,6-8H2,1-3H3. The Labute approximate surface area is 117 Å². The van der Waals surface area contributed by atoms with Crippen molar-refractivity contribution >= 4 is 17.3 Å². The fourth-order valence-corrected chi connectivity index (χ4v) is 2.91. The van der Waals surface area contributed by atoms with Crippen LogP contribution in [0.15, 0.2) is 11.4 Å². The molecule has 1 aromatic rings. The van der Waals surface area contributed by atoms with E-state index in [1.807, 2.05) is 13.8 Å². The lowest BCUT2D eigenvalue weighted by molar-refractivity contribution is -0.261. The molecule has 0 atom stereocenters. The van der Waals surface area contributed by atoms with Gasteiger partial charge < -0.3 is 14.2 Å². The van der Waals surface area contributed by atoms with E-state index in [0.29, 0.717) is 12.3 Å². The topological polar surface area (TPSA) is 44.8 Å². The summed E-state index contributed by atoms with van der Waals surface area (Å²) >= 11 is 1.60. The highest BCUT2D eigenvalue weighted by atomic mass is 32.1. The van der Waals surface area contributed by atoms with Gasteiger partial charge in [-0.1, -0.05) is 0 Å². The normalized spacial score (nSPS) is 19.3. The number of hydrogen-bond acceptors (Lipinski definition) is 5. The van der Waals surface area contributed by atoms with Gasteiger partial charge in [-0.25, -0.2) is 0 Å². The zero-order chi connectivity index (χ0) is 13.9. The predicted octanol–water partition coefficient (Wildman–Crippen LogP) is 2.41. The Hall–Kier alpha value is -0.910. The lowest BCUT2D eigenvalue weighted by Crippen LogP contribution is -2.39. The van der Waals surface area contributed by atoms with Gasteiger partial charge in [-0.2, -0.15) is 0 Å². The molecule has 0 unspecified atom stereocenters. The Morgan fingerprint density at radius 3 is 2.79 bits per heavy atom. The first-order chi connectivity index (χ1) is 8.98. The van der Waals surface area contributed by atoms with Crippen molar-refractivity contribution in [1.29, 1.82) is 0 Å². The van der Waals surface area contributed by atoms with Gasteiger partial charge >= 0.3 is 5.97 Å². The van der Waals surface area contributed by atoms with Crippen LogP contribution in [-0.2, 0) is 31.8 Å². The summed E-state index contributed by atoms with van der Waals surface area (Å²) in [7, 11) is 1.41. The summed E-state index contributed by atoms with van der Waals surface area (Å²) in [4.78, 5) is 12.2.